The molecule has 1 aromatic heterocycles. The molecule has 38 heavy (non-hydrogen) atoms. The van der Waals surface area contributed by atoms with Gasteiger partial charge < -0.3 is 14.0 Å². The van der Waals surface area contributed by atoms with Crippen LogP contribution in [0.15, 0.2) is 53.4 Å². The second-order valence-electron chi connectivity index (χ2n) is 8.65. The summed E-state index contributed by atoms with van der Waals surface area (Å²) in [4.78, 5) is 25.5. The predicted octanol–water partition coefficient (Wildman–Crippen LogP) is 3.02. The first-order valence-corrected chi connectivity index (χ1v) is 13.5. The van der Waals surface area contributed by atoms with Crippen molar-refractivity contribution in [1.29, 1.82) is 0 Å². The molecule has 2 aromatic carbocycles. The van der Waals surface area contributed by atoms with E-state index in [9.17, 15) is 22.4 Å². The largest absolute Gasteiger partial charge is 0.465 e. The molecule has 200 valence electrons. The van der Waals surface area contributed by atoms with Crippen LogP contribution in [0.2, 0.25) is 0 Å². The molecule has 0 fully saturated rings. The zero-order valence-corrected chi connectivity index (χ0v) is 22.7. The molecular weight excluding hydrogens is 510 g/mol. The number of carbonyl (C=O) groups excluding carboxylic acids is 2. The third kappa shape index (κ3) is 6.52. The number of aryl methyl sites for hydroxylation is 1. The van der Waals surface area contributed by atoms with Crippen molar-refractivity contribution in [2.45, 2.75) is 45.7 Å². The highest BCUT2D eigenvalue weighted by Crippen LogP contribution is 2.24. The number of esters is 2. The summed E-state index contributed by atoms with van der Waals surface area (Å²) in [6.45, 7) is 6.13. The van der Waals surface area contributed by atoms with E-state index in [4.69, 9.17) is 17.3 Å². The van der Waals surface area contributed by atoms with Gasteiger partial charge in [-0.25, -0.2) is 17.6 Å². The summed E-state index contributed by atoms with van der Waals surface area (Å²) < 4.78 is 53.8. The van der Waals surface area contributed by atoms with Gasteiger partial charge in [-0.05, 0) is 57.5 Å². The van der Waals surface area contributed by atoms with E-state index in [1.807, 2.05) is 6.92 Å². The number of halogens is 1. The van der Waals surface area contributed by atoms with Gasteiger partial charge in [0, 0.05) is 17.9 Å². The Bertz CT molecular complexity index is 1400. The van der Waals surface area contributed by atoms with Crippen molar-refractivity contribution >= 4 is 35.3 Å². The standard InChI is InChI=1S/C27H30BFN2O6S/c1-5-36-24(32)17-30(38(34,35)22-13-7-18(3)8-14-22)16-23-25(27(33)37-6-2)26(28)19(4)31(23)15-20-9-11-21(29)12-10-20/h7-14H,5-6,15-17H2,1-4H3. The maximum atomic E-state index is 13.7. The van der Waals surface area contributed by atoms with E-state index in [-0.39, 0.29) is 47.9 Å². The summed E-state index contributed by atoms with van der Waals surface area (Å²) in [6.07, 6.45) is 0. The maximum Gasteiger partial charge on any atom is 0.339 e. The number of aromatic nitrogens is 1. The van der Waals surface area contributed by atoms with Gasteiger partial charge in [0.15, 0.2) is 0 Å². The minimum atomic E-state index is -4.21. The molecule has 0 saturated carbocycles. The van der Waals surface area contributed by atoms with Crippen LogP contribution < -0.4 is 5.46 Å². The minimum absolute atomic E-state index is 0.0134. The van der Waals surface area contributed by atoms with E-state index in [2.05, 4.69) is 0 Å². The van der Waals surface area contributed by atoms with E-state index in [1.165, 1.54) is 24.3 Å². The van der Waals surface area contributed by atoms with Crippen LogP contribution in [0.3, 0.4) is 0 Å². The monoisotopic (exact) mass is 540 g/mol. The number of ether oxygens (including phenoxy) is 2. The Kier molecular flexibility index (Phi) is 9.51. The van der Waals surface area contributed by atoms with Crippen molar-refractivity contribution in [2.75, 3.05) is 19.8 Å². The van der Waals surface area contributed by atoms with Crippen LogP contribution in [-0.2, 0) is 37.4 Å². The van der Waals surface area contributed by atoms with Crippen LogP contribution in [0, 0.1) is 19.7 Å². The summed E-state index contributed by atoms with van der Waals surface area (Å²) >= 11 is 0. The highest BCUT2D eigenvalue weighted by molar-refractivity contribution is 7.89. The highest BCUT2D eigenvalue weighted by atomic mass is 32.2. The van der Waals surface area contributed by atoms with Crippen LogP contribution in [-0.4, -0.2) is 56.8 Å². The molecule has 3 aromatic rings. The smallest absolute Gasteiger partial charge is 0.339 e. The lowest BCUT2D eigenvalue weighted by atomic mass is 9.91. The predicted molar refractivity (Wildman–Crippen MR) is 141 cm³/mol. The number of carbonyl (C=O) groups is 2. The normalized spacial score (nSPS) is 11.5. The fourth-order valence-corrected chi connectivity index (χ4v) is 5.35. The molecule has 0 unspecified atom stereocenters. The Labute approximate surface area is 223 Å². The molecule has 11 heteroatoms. The van der Waals surface area contributed by atoms with Gasteiger partial charge in [-0.2, -0.15) is 4.31 Å². The van der Waals surface area contributed by atoms with Gasteiger partial charge in [0.25, 0.3) is 0 Å². The van der Waals surface area contributed by atoms with Crippen molar-refractivity contribution in [3.8, 4) is 0 Å². The van der Waals surface area contributed by atoms with Crippen LogP contribution >= 0.6 is 0 Å². The first-order chi connectivity index (χ1) is 18.0. The molecule has 0 atom stereocenters. The summed E-state index contributed by atoms with van der Waals surface area (Å²) in [6, 6.07) is 12.0. The SMILES string of the molecule is [B]c1c(C(=O)OCC)c(CN(CC(=O)OCC)S(=O)(=O)c2ccc(C)cc2)n(Cc2ccc(F)cc2)c1C. The Balaban J connectivity index is 2.17. The van der Waals surface area contributed by atoms with E-state index in [1.54, 1.807) is 49.6 Å². The molecule has 1 heterocycles. The number of rotatable bonds is 11. The molecule has 0 N–H and O–H groups in total. The molecular formula is C27H30BFN2O6S. The number of sulfonamides is 1. The highest BCUT2D eigenvalue weighted by Gasteiger charge is 2.32. The van der Waals surface area contributed by atoms with Crippen LogP contribution in [0.4, 0.5) is 4.39 Å². The summed E-state index contributed by atoms with van der Waals surface area (Å²) in [5.41, 5.74) is 2.43. The first-order valence-electron chi connectivity index (χ1n) is 12.1. The van der Waals surface area contributed by atoms with Gasteiger partial charge in [-0.1, -0.05) is 35.3 Å². The van der Waals surface area contributed by atoms with Crippen LogP contribution in [0.25, 0.3) is 0 Å². The quantitative estimate of drug-likeness (QED) is 0.274. The zero-order valence-electron chi connectivity index (χ0n) is 21.9. The van der Waals surface area contributed by atoms with E-state index < -0.39 is 34.3 Å². The molecule has 8 nitrogen and oxygen atoms in total. The lowest BCUT2D eigenvalue weighted by Crippen LogP contribution is -2.37. The molecule has 0 aliphatic carbocycles. The van der Waals surface area contributed by atoms with Gasteiger partial charge in [0.05, 0.1) is 30.2 Å². The van der Waals surface area contributed by atoms with Gasteiger partial charge in [0.1, 0.15) is 20.2 Å². The maximum absolute atomic E-state index is 13.7. The fourth-order valence-electron chi connectivity index (χ4n) is 4.00. The first kappa shape index (κ1) is 29.1. The van der Waals surface area contributed by atoms with E-state index >= 15 is 0 Å². The molecule has 0 amide bonds. The summed E-state index contributed by atoms with van der Waals surface area (Å²) in [5, 5.41) is 0. The number of hydrogen-bond acceptors (Lipinski definition) is 6. The fraction of sp³-hybridized carbons (Fsp3) is 0.333. The Morgan fingerprint density at radius 3 is 2.16 bits per heavy atom. The van der Waals surface area contributed by atoms with Crippen molar-refractivity contribution < 1.29 is 31.9 Å². The third-order valence-electron chi connectivity index (χ3n) is 6.01. The zero-order chi connectivity index (χ0) is 28.0. The molecule has 0 aliphatic heterocycles. The molecule has 0 aliphatic rings. The van der Waals surface area contributed by atoms with Crippen LogP contribution in [0.1, 0.15) is 46.7 Å². The second kappa shape index (κ2) is 12.4. The molecule has 0 spiro atoms. The van der Waals surface area contributed by atoms with Crippen molar-refractivity contribution in [3.63, 3.8) is 0 Å². The van der Waals surface area contributed by atoms with Gasteiger partial charge in [0.2, 0.25) is 10.0 Å². The molecule has 2 radical (unpaired) electrons. The number of hydrogen-bond donors (Lipinski definition) is 0. The van der Waals surface area contributed by atoms with Gasteiger partial charge in [-0.3, -0.25) is 4.79 Å². The average Bonchev–Trinajstić information content (AvgIpc) is 3.09. The number of benzene rings is 2. The molecule has 0 bridgehead atoms. The number of nitrogens with zero attached hydrogens (tertiary/aromatic N) is 2. The van der Waals surface area contributed by atoms with Crippen molar-refractivity contribution in [1.82, 2.24) is 8.87 Å². The van der Waals surface area contributed by atoms with Crippen LogP contribution in [0.5, 0.6) is 0 Å². The minimum Gasteiger partial charge on any atom is -0.465 e. The van der Waals surface area contributed by atoms with E-state index in [0.717, 1.165) is 9.87 Å². The Hall–Kier alpha value is -3.44. The summed E-state index contributed by atoms with van der Waals surface area (Å²) in [5.74, 6) is -1.87. The molecule has 0 saturated heterocycles. The lowest BCUT2D eigenvalue weighted by molar-refractivity contribution is -0.143. The van der Waals surface area contributed by atoms with Gasteiger partial charge in [-0.15, -0.1) is 0 Å². The Morgan fingerprint density at radius 2 is 1.58 bits per heavy atom. The van der Waals surface area contributed by atoms with Crippen molar-refractivity contribution in [3.05, 3.63) is 82.4 Å². The third-order valence-corrected chi connectivity index (χ3v) is 7.81. The second-order valence-corrected chi connectivity index (χ2v) is 10.6. The lowest BCUT2D eigenvalue weighted by Gasteiger charge is -2.23. The van der Waals surface area contributed by atoms with Crippen molar-refractivity contribution in [2.24, 2.45) is 0 Å². The molecule has 3 rings (SSSR count). The Morgan fingerprint density at radius 1 is 0.974 bits per heavy atom. The topological polar surface area (TPSA) is 94.9 Å². The van der Waals surface area contributed by atoms with E-state index in [0.29, 0.717) is 11.3 Å². The summed E-state index contributed by atoms with van der Waals surface area (Å²) in [7, 11) is 2.13. The average molecular weight is 540 g/mol. The van der Waals surface area contributed by atoms with Gasteiger partial charge >= 0.3 is 11.9 Å².